The number of nitrogens with one attached hydrogen (secondary N) is 1. The number of carbonyl (C=O) groups is 1. The summed E-state index contributed by atoms with van der Waals surface area (Å²) in [7, 11) is 0. The number of imidazole rings is 1. The van der Waals surface area contributed by atoms with Gasteiger partial charge in [-0.15, -0.1) is 0 Å². The smallest absolute Gasteiger partial charge is 0.207 e. The number of aryl methyl sites for hydroxylation is 2. The molecular weight excluding hydrogens is 314 g/mol. The molecule has 1 aromatic heterocycles. The van der Waals surface area contributed by atoms with Gasteiger partial charge in [0.05, 0.1) is 23.6 Å². The van der Waals surface area contributed by atoms with E-state index in [-0.39, 0.29) is 6.04 Å². The summed E-state index contributed by atoms with van der Waals surface area (Å²) in [6.07, 6.45) is 0.709. The number of rotatable bonds is 7. The van der Waals surface area contributed by atoms with Crippen LogP contribution in [-0.4, -0.2) is 22.6 Å². The molecule has 3 rings (SSSR count). The van der Waals surface area contributed by atoms with Gasteiger partial charge in [-0.05, 0) is 50.1 Å². The van der Waals surface area contributed by atoms with Crippen LogP contribution in [-0.2, 0) is 11.3 Å². The summed E-state index contributed by atoms with van der Waals surface area (Å²) in [5, 5.41) is 2.78. The first-order valence-corrected chi connectivity index (χ1v) is 8.45. The molecule has 2 aromatic carbocycles. The SMILES string of the molecule is Cc1ccc(C)c(OCCn2c(C(C)NC=O)nc3ccccc32)c1. The van der Waals surface area contributed by atoms with Gasteiger partial charge in [-0.3, -0.25) is 4.79 Å². The molecule has 1 unspecified atom stereocenters. The van der Waals surface area contributed by atoms with Crippen LogP contribution in [0.5, 0.6) is 5.75 Å². The van der Waals surface area contributed by atoms with Crippen LogP contribution >= 0.6 is 0 Å². The lowest BCUT2D eigenvalue weighted by Gasteiger charge is -2.15. The lowest BCUT2D eigenvalue weighted by molar-refractivity contribution is -0.110. The minimum absolute atomic E-state index is 0.161. The summed E-state index contributed by atoms with van der Waals surface area (Å²) >= 11 is 0. The highest BCUT2D eigenvalue weighted by Gasteiger charge is 2.16. The van der Waals surface area contributed by atoms with E-state index in [0.29, 0.717) is 19.6 Å². The molecule has 0 bridgehead atoms. The Morgan fingerprint density at radius 2 is 2.04 bits per heavy atom. The van der Waals surface area contributed by atoms with Crippen molar-refractivity contribution in [2.24, 2.45) is 0 Å². The average molecular weight is 337 g/mol. The monoisotopic (exact) mass is 337 g/mol. The van der Waals surface area contributed by atoms with Crippen LogP contribution in [0.25, 0.3) is 11.0 Å². The van der Waals surface area contributed by atoms with E-state index >= 15 is 0 Å². The van der Waals surface area contributed by atoms with Gasteiger partial charge < -0.3 is 14.6 Å². The third-order valence-electron chi connectivity index (χ3n) is 4.31. The Kier molecular flexibility index (Phi) is 5.03. The Morgan fingerprint density at radius 3 is 2.84 bits per heavy atom. The van der Waals surface area contributed by atoms with Crippen molar-refractivity contribution in [1.82, 2.24) is 14.9 Å². The maximum Gasteiger partial charge on any atom is 0.207 e. The number of hydrogen-bond donors (Lipinski definition) is 1. The predicted molar refractivity (Wildman–Crippen MR) is 98.8 cm³/mol. The van der Waals surface area contributed by atoms with Crippen LogP contribution < -0.4 is 10.1 Å². The molecule has 1 amide bonds. The Balaban J connectivity index is 1.83. The highest BCUT2D eigenvalue weighted by molar-refractivity contribution is 5.76. The number of carbonyl (C=O) groups excluding carboxylic acids is 1. The molecule has 0 saturated carbocycles. The van der Waals surface area contributed by atoms with Crippen molar-refractivity contribution in [1.29, 1.82) is 0 Å². The van der Waals surface area contributed by atoms with Gasteiger partial charge >= 0.3 is 0 Å². The fourth-order valence-electron chi connectivity index (χ4n) is 2.95. The minimum Gasteiger partial charge on any atom is -0.491 e. The Labute approximate surface area is 147 Å². The number of fused-ring (bicyclic) bond motifs is 1. The molecule has 1 atom stereocenters. The van der Waals surface area contributed by atoms with Crippen LogP contribution in [0.1, 0.15) is 29.9 Å². The van der Waals surface area contributed by atoms with Gasteiger partial charge in [0.2, 0.25) is 6.41 Å². The summed E-state index contributed by atoms with van der Waals surface area (Å²) < 4.78 is 8.11. The van der Waals surface area contributed by atoms with E-state index in [2.05, 4.69) is 40.0 Å². The van der Waals surface area contributed by atoms with E-state index in [0.717, 1.165) is 28.2 Å². The Bertz CT molecular complexity index is 886. The third-order valence-corrected chi connectivity index (χ3v) is 4.31. The van der Waals surface area contributed by atoms with Gasteiger partial charge in [0.15, 0.2) is 0 Å². The highest BCUT2D eigenvalue weighted by Crippen LogP contribution is 2.22. The normalized spacial score (nSPS) is 12.1. The predicted octanol–water partition coefficient (Wildman–Crippen LogP) is 3.54. The molecule has 25 heavy (non-hydrogen) atoms. The first-order chi connectivity index (χ1) is 12.1. The molecule has 0 aliphatic carbocycles. The maximum absolute atomic E-state index is 10.8. The number of amides is 1. The summed E-state index contributed by atoms with van der Waals surface area (Å²) in [5.74, 6) is 1.74. The molecule has 3 aromatic rings. The summed E-state index contributed by atoms with van der Waals surface area (Å²) in [5.41, 5.74) is 4.26. The zero-order valence-corrected chi connectivity index (χ0v) is 14.8. The molecular formula is C20H23N3O2. The van der Waals surface area contributed by atoms with E-state index in [9.17, 15) is 4.79 Å². The number of benzene rings is 2. The van der Waals surface area contributed by atoms with E-state index in [4.69, 9.17) is 4.74 Å². The molecule has 0 spiro atoms. The second-order valence-electron chi connectivity index (χ2n) is 6.23. The van der Waals surface area contributed by atoms with Gasteiger partial charge in [-0.25, -0.2) is 4.98 Å². The molecule has 5 heteroatoms. The molecule has 1 heterocycles. The van der Waals surface area contributed by atoms with Gasteiger partial charge in [-0.1, -0.05) is 24.3 Å². The number of nitrogens with zero attached hydrogens (tertiary/aromatic N) is 2. The van der Waals surface area contributed by atoms with Crippen LogP contribution in [0.3, 0.4) is 0 Å². The van der Waals surface area contributed by atoms with E-state index in [1.54, 1.807) is 0 Å². The number of hydrogen-bond acceptors (Lipinski definition) is 3. The third kappa shape index (κ3) is 3.65. The van der Waals surface area contributed by atoms with Crippen molar-refractivity contribution in [3.63, 3.8) is 0 Å². The second kappa shape index (κ2) is 7.38. The molecule has 130 valence electrons. The average Bonchev–Trinajstić information content (AvgIpc) is 2.97. The van der Waals surface area contributed by atoms with Crippen LogP contribution in [0.2, 0.25) is 0 Å². The standard InChI is InChI=1S/C20H23N3O2/c1-14-8-9-15(2)19(12-14)25-11-10-23-18-7-5-4-6-17(18)22-20(23)16(3)21-13-24/h4-9,12-13,16H,10-11H2,1-3H3,(H,21,24). The largest absolute Gasteiger partial charge is 0.491 e. The Morgan fingerprint density at radius 1 is 1.24 bits per heavy atom. The number of aromatic nitrogens is 2. The van der Waals surface area contributed by atoms with E-state index < -0.39 is 0 Å². The van der Waals surface area contributed by atoms with E-state index in [1.165, 1.54) is 5.56 Å². The first-order valence-electron chi connectivity index (χ1n) is 8.45. The lowest BCUT2D eigenvalue weighted by Crippen LogP contribution is -2.22. The lowest BCUT2D eigenvalue weighted by atomic mass is 10.1. The van der Waals surface area contributed by atoms with Crippen LogP contribution in [0, 0.1) is 13.8 Å². The van der Waals surface area contributed by atoms with Crippen molar-refractivity contribution in [2.45, 2.75) is 33.4 Å². The van der Waals surface area contributed by atoms with Gasteiger partial charge in [0.25, 0.3) is 0 Å². The van der Waals surface area contributed by atoms with Gasteiger partial charge in [0, 0.05) is 0 Å². The molecule has 0 saturated heterocycles. The number of ether oxygens (including phenoxy) is 1. The zero-order chi connectivity index (χ0) is 17.8. The quantitative estimate of drug-likeness (QED) is 0.671. The van der Waals surface area contributed by atoms with Crippen LogP contribution in [0.15, 0.2) is 42.5 Å². The summed E-state index contributed by atoms with van der Waals surface area (Å²) in [4.78, 5) is 15.5. The summed E-state index contributed by atoms with van der Waals surface area (Å²) in [6, 6.07) is 14.0. The van der Waals surface area contributed by atoms with Crippen molar-refractivity contribution in [2.75, 3.05) is 6.61 Å². The van der Waals surface area contributed by atoms with Crippen LogP contribution in [0.4, 0.5) is 0 Å². The topological polar surface area (TPSA) is 56.1 Å². The fourth-order valence-corrected chi connectivity index (χ4v) is 2.95. The van der Waals surface area contributed by atoms with Gasteiger partial charge in [0.1, 0.15) is 18.2 Å². The van der Waals surface area contributed by atoms with Crippen molar-refractivity contribution in [3.8, 4) is 5.75 Å². The molecule has 0 fully saturated rings. The van der Waals surface area contributed by atoms with Crippen molar-refractivity contribution >= 4 is 17.4 Å². The van der Waals surface area contributed by atoms with E-state index in [1.807, 2.05) is 38.1 Å². The highest BCUT2D eigenvalue weighted by atomic mass is 16.5. The molecule has 1 N–H and O–H groups in total. The van der Waals surface area contributed by atoms with Crippen molar-refractivity contribution < 1.29 is 9.53 Å². The fraction of sp³-hybridized carbons (Fsp3) is 0.300. The Hall–Kier alpha value is -2.82. The van der Waals surface area contributed by atoms with Crippen molar-refractivity contribution in [3.05, 3.63) is 59.4 Å². The van der Waals surface area contributed by atoms with Gasteiger partial charge in [-0.2, -0.15) is 0 Å². The summed E-state index contributed by atoms with van der Waals surface area (Å²) in [6.45, 7) is 7.22. The maximum atomic E-state index is 10.8. The molecule has 5 nitrogen and oxygen atoms in total. The first kappa shape index (κ1) is 17.0. The zero-order valence-electron chi connectivity index (χ0n) is 14.8. The minimum atomic E-state index is -0.161. The molecule has 0 aliphatic rings. The molecule has 0 aliphatic heterocycles. The second-order valence-corrected chi connectivity index (χ2v) is 6.23. The number of para-hydroxylation sites is 2. The molecule has 0 radical (unpaired) electrons.